The SMILES string of the molecule is O=C(C#CN1CCNCC1)c1ccccc1. The third-order valence-corrected chi connectivity index (χ3v) is 2.48. The molecule has 1 heterocycles. The Kier molecular flexibility index (Phi) is 3.58. The van der Waals surface area contributed by atoms with Crippen LogP contribution in [0.25, 0.3) is 0 Å². The number of carbonyl (C=O) groups is 1. The molecule has 1 aliphatic rings. The lowest BCUT2D eigenvalue weighted by atomic mass is 10.1. The van der Waals surface area contributed by atoms with E-state index >= 15 is 0 Å². The van der Waals surface area contributed by atoms with Crippen LogP contribution in [0, 0.1) is 12.0 Å². The molecular weight excluding hydrogens is 200 g/mol. The van der Waals surface area contributed by atoms with Gasteiger partial charge in [-0.15, -0.1) is 0 Å². The van der Waals surface area contributed by atoms with Crippen LogP contribution in [0.3, 0.4) is 0 Å². The van der Waals surface area contributed by atoms with Crippen molar-refractivity contribution in [3.8, 4) is 12.0 Å². The molecule has 0 amide bonds. The van der Waals surface area contributed by atoms with Gasteiger partial charge in [0.1, 0.15) is 0 Å². The van der Waals surface area contributed by atoms with Gasteiger partial charge in [0.25, 0.3) is 0 Å². The minimum absolute atomic E-state index is 0.112. The van der Waals surface area contributed by atoms with Crippen molar-refractivity contribution in [2.75, 3.05) is 26.2 Å². The first-order chi connectivity index (χ1) is 7.86. The quantitative estimate of drug-likeness (QED) is 0.552. The maximum atomic E-state index is 11.7. The first-order valence-corrected chi connectivity index (χ1v) is 5.43. The van der Waals surface area contributed by atoms with Crippen molar-refractivity contribution >= 4 is 5.78 Å². The third-order valence-electron chi connectivity index (χ3n) is 2.48. The number of hydrogen-bond acceptors (Lipinski definition) is 3. The molecule has 0 radical (unpaired) electrons. The molecule has 82 valence electrons. The number of ketones is 1. The number of carbonyl (C=O) groups excluding carboxylic acids is 1. The summed E-state index contributed by atoms with van der Waals surface area (Å²) in [6, 6.07) is 12.1. The predicted octanol–water partition coefficient (Wildman–Crippen LogP) is 0.735. The van der Waals surface area contributed by atoms with Gasteiger partial charge < -0.3 is 10.2 Å². The molecule has 0 saturated carbocycles. The molecule has 0 spiro atoms. The molecule has 0 unspecified atom stereocenters. The van der Waals surface area contributed by atoms with Crippen molar-refractivity contribution in [1.82, 2.24) is 10.2 Å². The average Bonchev–Trinajstić information content (AvgIpc) is 2.38. The summed E-state index contributed by atoms with van der Waals surface area (Å²) in [5.74, 6) is 2.57. The molecule has 1 fully saturated rings. The van der Waals surface area contributed by atoms with Gasteiger partial charge in [0, 0.05) is 37.8 Å². The first-order valence-electron chi connectivity index (χ1n) is 5.43. The molecule has 2 rings (SSSR count). The van der Waals surface area contributed by atoms with Gasteiger partial charge in [-0.2, -0.15) is 0 Å². The van der Waals surface area contributed by atoms with Crippen LogP contribution in [-0.2, 0) is 0 Å². The van der Waals surface area contributed by atoms with Gasteiger partial charge in [0.15, 0.2) is 0 Å². The number of nitrogens with one attached hydrogen (secondary N) is 1. The maximum Gasteiger partial charge on any atom is 0.237 e. The van der Waals surface area contributed by atoms with Gasteiger partial charge in [-0.05, 0) is 5.92 Å². The van der Waals surface area contributed by atoms with Crippen LogP contribution in [0.5, 0.6) is 0 Å². The molecule has 1 aliphatic heterocycles. The lowest BCUT2D eigenvalue weighted by Gasteiger charge is -2.22. The monoisotopic (exact) mass is 214 g/mol. The van der Waals surface area contributed by atoms with Gasteiger partial charge in [-0.1, -0.05) is 30.3 Å². The normalized spacial score (nSPS) is 15.1. The summed E-state index contributed by atoms with van der Waals surface area (Å²) in [7, 11) is 0. The number of piperazine rings is 1. The molecule has 1 aromatic carbocycles. The highest BCUT2D eigenvalue weighted by atomic mass is 16.1. The molecule has 0 atom stereocenters. The van der Waals surface area contributed by atoms with E-state index in [1.807, 2.05) is 23.1 Å². The average molecular weight is 214 g/mol. The van der Waals surface area contributed by atoms with Crippen LogP contribution in [-0.4, -0.2) is 36.9 Å². The Morgan fingerprint density at radius 1 is 1.19 bits per heavy atom. The van der Waals surface area contributed by atoms with Crippen molar-refractivity contribution in [3.63, 3.8) is 0 Å². The van der Waals surface area contributed by atoms with Crippen LogP contribution in [0.2, 0.25) is 0 Å². The summed E-state index contributed by atoms with van der Waals surface area (Å²) in [5.41, 5.74) is 0.658. The summed E-state index contributed by atoms with van der Waals surface area (Å²) in [6.07, 6.45) is 0. The Bertz CT molecular complexity index is 411. The molecule has 3 nitrogen and oxygen atoms in total. The highest BCUT2D eigenvalue weighted by Crippen LogP contribution is 1.99. The summed E-state index contributed by atoms with van der Waals surface area (Å²) < 4.78 is 0. The van der Waals surface area contributed by atoms with E-state index in [2.05, 4.69) is 17.3 Å². The Balaban J connectivity index is 1.99. The van der Waals surface area contributed by atoms with Crippen LogP contribution < -0.4 is 5.32 Å². The zero-order valence-electron chi connectivity index (χ0n) is 9.07. The van der Waals surface area contributed by atoms with Crippen LogP contribution >= 0.6 is 0 Å². The van der Waals surface area contributed by atoms with Crippen molar-refractivity contribution in [2.45, 2.75) is 0 Å². The van der Waals surface area contributed by atoms with E-state index in [1.54, 1.807) is 12.1 Å². The van der Waals surface area contributed by atoms with Crippen molar-refractivity contribution in [1.29, 1.82) is 0 Å². The number of hydrogen-bond donors (Lipinski definition) is 1. The fourth-order valence-corrected chi connectivity index (χ4v) is 1.57. The first kappa shape index (κ1) is 10.7. The Hall–Kier alpha value is -1.79. The van der Waals surface area contributed by atoms with Crippen molar-refractivity contribution < 1.29 is 4.79 Å². The van der Waals surface area contributed by atoms with E-state index in [0.29, 0.717) is 5.56 Å². The van der Waals surface area contributed by atoms with E-state index < -0.39 is 0 Å². The Morgan fingerprint density at radius 2 is 1.88 bits per heavy atom. The summed E-state index contributed by atoms with van der Waals surface area (Å²) in [6.45, 7) is 3.65. The van der Waals surface area contributed by atoms with E-state index in [9.17, 15) is 4.79 Å². The molecule has 0 aromatic heterocycles. The third kappa shape index (κ3) is 2.85. The number of rotatable bonds is 1. The second-order valence-electron chi connectivity index (χ2n) is 3.67. The zero-order chi connectivity index (χ0) is 11.2. The number of nitrogens with zero attached hydrogens (tertiary/aromatic N) is 1. The van der Waals surface area contributed by atoms with Gasteiger partial charge >= 0.3 is 0 Å². The Labute approximate surface area is 95.5 Å². The zero-order valence-corrected chi connectivity index (χ0v) is 9.07. The van der Waals surface area contributed by atoms with E-state index in [4.69, 9.17) is 0 Å². The van der Waals surface area contributed by atoms with Crippen LogP contribution in [0.4, 0.5) is 0 Å². The fourth-order valence-electron chi connectivity index (χ4n) is 1.57. The molecule has 1 aromatic rings. The second-order valence-corrected chi connectivity index (χ2v) is 3.67. The van der Waals surface area contributed by atoms with E-state index in [0.717, 1.165) is 26.2 Å². The Morgan fingerprint density at radius 3 is 2.56 bits per heavy atom. The molecule has 1 saturated heterocycles. The molecular formula is C13H14N2O. The highest BCUT2D eigenvalue weighted by Gasteiger charge is 2.05. The minimum Gasteiger partial charge on any atom is -0.330 e. The lowest BCUT2D eigenvalue weighted by molar-refractivity contribution is 0.105. The molecule has 3 heteroatoms. The van der Waals surface area contributed by atoms with Gasteiger partial charge in [0.2, 0.25) is 5.78 Å². The topological polar surface area (TPSA) is 32.3 Å². The van der Waals surface area contributed by atoms with Crippen molar-refractivity contribution in [2.24, 2.45) is 0 Å². The standard InChI is InChI=1S/C13H14N2O/c16-13(12-4-2-1-3-5-12)6-9-15-10-7-14-8-11-15/h1-5,14H,7-8,10-11H2. The summed E-state index contributed by atoms with van der Waals surface area (Å²) in [5, 5.41) is 3.24. The molecule has 0 bridgehead atoms. The molecule has 0 aliphatic carbocycles. The van der Waals surface area contributed by atoms with E-state index in [-0.39, 0.29) is 5.78 Å². The largest absolute Gasteiger partial charge is 0.330 e. The summed E-state index contributed by atoms with van der Waals surface area (Å²) >= 11 is 0. The summed E-state index contributed by atoms with van der Waals surface area (Å²) in [4.78, 5) is 13.7. The van der Waals surface area contributed by atoms with Crippen LogP contribution in [0.15, 0.2) is 30.3 Å². The molecule has 1 N–H and O–H groups in total. The lowest BCUT2D eigenvalue weighted by Crippen LogP contribution is -2.40. The second kappa shape index (κ2) is 5.34. The van der Waals surface area contributed by atoms with Gasteiger partial charge in [0.05, 0.1) is 0 Å². The van der Waals surface area contributed by atoms with Gasteiger partial charge in [-0.25, -0.2) is 0 Å². The predicted molar refractivity (Wildman–Crippen MR) is 63.0 cm³/mol. The minimum atomic E-state index is -0.112. The van der Waals surface area contributed by atoms with Crippen molar-refractivity contribution in [3.05, 3.63) is 35.9 Å². The molecule has 16 heavy (non-hydrogen) atoms. The number of Topliss-reactive ketones (excluding diaryl/α,β-unsaturated/α-hetero) is 1. The fraction of sp³-hybridized carbons (Fsp3) is 0.308. The van der Waals surface area contributed by atoms with E-state index in [1.165, 1.54) is 0 Å². The smallest absolute Gasteiger partial charge is 0.237 e. The highest BCUT2D eigenvalue weighted by molar-refractivity contribution is 6.08. The van der Waals surface area contributed by atoms with Crippen LogP contribution in [0.1, 0.15) is 10.4 Å². The maximum absolute atomic E-state index is 11.7. The van der Waals surface area contributed by atoms with Gasteiger partial charge in [-0.3, -0.25) is 4.79 Å². The number of benzene rings is 1.